The van der Waals surface area contributed by atoms with Gasteiger partial charge in [-0.2, -0.15) is 0 Å². The van der Waals surface area contributed by atoms with Gasteiger partial charge in [0.15, 0.2) is 11.5 Å². The Hall–Kier alpha value is -2.09. The van der Waals surface area contributed by atoms with Crippen LogP contribution in [0.25, 0.3) is 0 Å². The maximum absolute atomic E-state index is 12.5. The number of amides is 1. The molecule has 0 bridgehead atoms. The average Bonchev–Trinajstić information content (AvgIpc) is 3.60. The zero-order chi connectivity index (χ0) is 22.0. The summed E-state index contributed by atoms with van der Waals surface area (Å²) in [5.41, 5.74) is 1.93. The van der Waals surface area contributed by atoms with Crippen LogP contribution < -0.4 is 10.1 Å². The molecule has 2 aromatic rings. The van der Waals surface area contributed by atoms with Crippen molar-refractivity contribution in [2.45, 2.75) is 37.9 Å². The summed E-state index contributed by atoms with van der Waals surface area (Å²) >= 11 is 3.56. The summed E-state index contributed by atoms with van der Waals surface area (Å²) in [6.07, 6.45) is 2.20. The highest BCUT2D eigenvalue weighted by molar-refractivity contribution is 9.10. The Bertz CT molecular complexity index is 912. The third-order valence-electron chi connectivity index (χ3n) is 6.26. The molecule has 2 atom stereocenters. The van der Waals surface area contributed by atoms with Gasteiger partial charge < -0.3 is 15.2 Å². The molecule has 0 spiro atoms. The molecule has 2 aromatic carbocycles. The van der Waals surface area contributed by atoms with Gasteiger partial charge in [-0.05, 0) is 37.5 Å². The SMILES string of the molecule is COc1cc(Br)cc([C@H](c2ccccc2)N2CCN([C@H](C)C(=O)NC3CC3)CC2)c1O. The highest BCUT2D eigenvalue weighted by Gasteiger charge is 2.33. The molecule has 7 heteroatoms. The van der Waals surface area contributed by atoms with Crippen molar-refractivity contribution < 1.29 is 14.6 Å². The number of ether oxygens (including phenoxy) is 1. The average molecular weight is 488 g/mol. The molecule has 4 rings (SSSR count). The van der Waals surface area contributed by atoms with Gasteiger partial charge in [0.2, 0.25) is 5.91 Å². The van der Waals surface area contributed by atoms with Gasteiger partial charge in [0.05, 0.1) is 19.2 Å². The molecule has 1 aliphatic carbocycles. The number of hydrogen-bond donors (Lipinski definition) is 2. The highest BCUT2D eigenvalue weighted by Crippen LogP contribution is 2.42. The Labute approximate surface area is 192 Å². The number of halogens is 1. The molecule has 1 saturated heterocycles. The predicted molar refractivity (Wildman–Crippen MR) is 124 cm³/mol. The molecule has 1 heterocycles. The number of rotatable bonds is 7. The number of hydrogen-bond acceptors (Lipinski definition) is 5. The van der Waals surface area contributed by atoms with Crippen LogP contribution in [-0.4, -0.2) is 66.2 Å². The monoisotopic (exact) mass is 487 g/mol. The fourth-order valence-electron chi connectivity index (χ4n) is 4.28. The Morgan fingerprint density at radius 2 is 1.77 bits per heavy atom. The maximum Gasteiger partial charge on any atom is 0.237 e. The van der Waals surface area contributed by atoms with Gasteiger partial charge in [0, 0.05) is 42.3 Å². The third-order valence-corrected chi connectivity index (χ3v) is 6.72. The summed E-state index contributed by atoms with van der Waals surface area (Å²) in [4.78, 5) is 17.1. The second kappa shape index (κ2) is 9.59. The molecule has 0 unspecified atom stereocenters. The molecule has 0 radical (unpaired) electrons. The van der Waals surface area contributed by atoms with Crippen molar-refractivity contribution in [3.05, 3.63) is 58.1 Å². The number of carbonyl (C=O) groups excluding carboxylic acids is 1. The first-order valence-corrected chi connectivity index (χ1v) is 11.7. The number of aromatic hydroxyl groups is 1. The molecule has 2 fully saturated rings. The lowest BCUT2D eigenvalue weighted by Crippen LogP contribution is -2.54. The van der Waals surface area contributed by atoms with Crippen molar-refractivity contribution >= 4 is 21.8 Å². The van der Waals surface area contributed by atoms with E-state index in [-0.39, 0.29) is 23.7 Å². The van der Waals surface area contributed by atoms with E-state index >= 15 is 0 Å². The summed E-state index contributed by atoms with van der Waals surface area (Å²) in [6, 6.07) is 14.1. The number of carbonyl (C=O) groups is 1. The summed E-state index contributed by atoms with van der Waals surface area (Å²) in [7, 11) is 1.57. The fraction of sp³-hybridized carbons (Fsp3) is 0.458. The molecular weight excluding hydrogens is 458 g/mol. The molecule has 31 heavy (non-hydrogen) atoms. The van der Waals surface area contributed by atoms with E-state index in [1.165, 1.54) is 0 Å². The third kappa shape index (κ3) is 5.05. The smallest absolute Gasteiger partial charge is 0.237 e. The van der Waals surface area contributed by atoms with Crippen LogP contribution in [0, 0.1) is 0 Å². The van der Waals surface area contributed by atoms with E-state index in [1.54, 1.807) is 13.2 Å². The quantitative estimate of drug-likeness (QED) is 0.625. The fourth-order valence-corrected chi connectivity index (χ4v) is 4.73. The number of methoxy groups -OCH3 is 1. The summed E-state index contributed by atoms with van der Waals surface area (Å²) in [6.45, 7) is 5.19. The molecule has 1 amide bonds. The van der Waals surface area contributed by atoms with E-state index < -0.39 is 0 Å². The Morgan fingerprint density at radius 1 is 1.13 bits per heavy atom. The van der Waals surface area contributed by atoms with Crippen molar-refractivity contribution in [3.63, 3.8) is 0 Å². The van der Waals surface area contributed by atoms with E-state index in [2.05, 4.69) is 43.2 Å². The van der Waals surface area contributed by atoms with Crippen LogP contribution >= 0.6 is 15.9 Å². The molecule has 1 saturated carbocycles. The highest BCUT2D eigenvalue weighted by atomic mass is 79.9. The number of benzene rings is 2. The van der Waals surface area contributed by atoms with Crippen LogP contribution in [-0.2, 0) is 4.79 Å². The number of phenolic OH excluding ortho intramolecular Hbond substituents is 1. The first kappa shape index (κ1) is 22.1. The first-order chi connectivity index (χ1) is 15.0. The second-order valence-electron chi connectivity index (χ2n) is 8.39. The number of piperazine rings is 1. The van der Waals surface area contributed by atoms with Crippen molar-refractivity contribution in [2.75, 3.05) is 33.3 Å². The van der Waals surface area contributed by atoms with Gasteiger partial charge in [0.1, 0.15) is 0 Å². The van der Waals surface area contributed by atoms with Gasteiger partial charge >= 0.3 is 0 Å². The molecular formula is C24H30BrN3O3. The van der Waals surface area contributed by atoms with Crippen LogP contribution in [0.2, 0.25) is 0 Å². The molecule has 166 valence electrons. The topological polar surface area (TPSA) is 65.0 Å². The lowest BCUT2D eigenvalue weighted by atomic mass is 9.95. The minimum Gasteiger partial charge on any atom is -0.504 e. The molecule has 6 nitrogen and oxygen atoms in total. The van der Waals surface area contributed by atoms with Gasteiger partial charge in [-0.1, -0.05) is 46.3 Å². The zero-order valence-corrected chi connectivity index (χ0v) is 19.6. The normalized spacial score (nSPS) is 19.6. The number of nitrogens with one attached hydrogen (secondary N) is 1. The molecule has 0 aromatic heterocycles. The van der Waals surface area contributed by atoms with E-state index in [0.717, 1.165) is 54.6 Å². The van der Waals surface area contributed by atoms with E-state index in [1.807, 2.05) is 31.2 Å². The van der Waals surface area contributed by atoms with Crippen molar-refractivity contribution in [1.82, 2.24) is 15.1 Å². The zero-order valence-electron chi connectivity index (χ0n) is 18.1. The Balaban J connectivity index is 1.55. The van der Waals surface area contributed by atoms with Gasteiger partial charge in [-0.15, -0.1) is 0 Å². The minimum atomic E-state index is -0.128. The molecule has 2 N–H and O–H groups in total. The summed E-state index contributed by atoms with van der Waals surface area (Å²) in [5, 5.41) is 14.1. The van der Waals surface area contributed by atoms with Gasteiger partial charge in [-0.25, -0.2) is 0 Å². The van der Waals surface area contributed by atoms with Gasteiger partial charge in [-0.3, -0.25) is 14.6 Å². The van der Waals surface area contributed by atoms with Crippen LogP contribution in [0.3, 0.4) is 0 Å². The lowest BCUT2D eigenvalue weighted by molar-refractivity contribution is -0.126. The number of nitrogens with zero attached hydrogens (tertiary/aromatic N) is 2. The predicted octanol–water partition coefficient (Wildman–Crippen LogP) is 3.54. The minimum absolute atomic E-state index is 0.106. The van der Waals surface area contributed by atoms with Crippen molar-refractivity contribution in [1.29, 1.82) is 0 Å². The van der Waals surface area contributed by atoms with Crippen molar-refractivity contribution in [3.8, 4) is 11.5 Å². The first-order valence-electron chi connectivity index (χ1n) is 10.9. The lowest BCUT2D eigenvalue weighted by Gasteiger charge is -2.41. The largest absolute Gasteiger partial charge is 0.504 e. The van der Waals surface area contributed by atoms with E-state index in [9.17, 15) is 9.90 Å². The standard InChI is InChI=1S/C24H30BrN3O3/c1-16(24(30)26-19-8-9-19)27-10-12-28(13-11-27)22(17-6-4-3-5-7-17)20-14-18(25)15-21(31-2)23(20)29/h3-7,14-16,19,22,29H,8-13H2,1-2H3,(H,26,30)/t16-,22+/m1/s1. The van der Waals surface area contributed by atoms with Crippen LogP contribution in [0.15, 0.2) is 46.9 Å². The Morgan fingerprint density at radius 3 is 2.39 bits per heavy atom. The van der Waals surface area contributed by atoms with Crippen molar-refractivity contribution in [2.24, 2.45) is 0 Å². The van der Waals surface area contributed by atoms with Crippen LogP contribution in [0.5, 0.6) is 11.5 Å². The van der Waals surface area contributed by atoms with E-state index in [4.69, 9.17) is 4.74 Å². The molecule has 1 aliphatic heterocycles. The van der Waals surface area contributed by atoms with Gasteiger partial charge in [0.25, 0.3) is 0 Å². The summed E-state index contributed by atoms with van der Waals surface area (Å²) < 4.78 is 6.26. The number of phenols is 1. The summed E-state index contributed by atoms with van der Waals surface area (Å²) in [5.74, 6) is 0.749. The maximum atomic E-state index is 12.5. The van der Waals surface area contributed by atoms with Crippen LogP contribution in [0.1, 0.15) is 36.9 Å². The van der Waals surface area contributed by atoms with Crippen LogP contribution in [0.4, 0.5) is 0 Å². The second-order valence-corrected chi connectivity index (χ2v) is 9.31. The van der Waals surface area contributed by atoms with E-state index in [0.29, 0.717) is 11.8 Å². The Kier molecular flexibility index (Phi) is 6.84. The molecule has 2 aliphatic rings.